The lowest BCUT2D eigenvalue weighted by Gasteiger charge is -2.06. The van der Waals surface area contributed by atoms with Gasteiger partial charge in [-0.2, -0.15) is 0 Å². The fraction of sp³-hybridized carbons (Fsp3) is 0.111. The fourth-order valence-corrected chi connectivity index (χ4v) is 2.42. The SMILES string of the molecule is O=C(CCc1ccc(O)cc1)c1c(O)c2ccccc2oc1=O. The molecule has 1 heterocycles. The molecule has 23 heavy (non-hydrogen) atoms. The lowest BCUT2D eigenvalue weighted by molar-refractivity contribution is 0.0976. The van der Waals surface area contributed by atoms with Crippen LogP contribution in [0.15, 0.2) is 57.7 Å². The molecule has 116 valence electrons. The van der Waals surface area contributed by atoms with Crippen molar-refractivity contribution in [3.63, 3.8) is 0 Å². The molecule has 0 fully saturated rings. The minimum Gasteiger partial charge on any atom is -0.508 e. The van der Waals surface area contributed by atoms with Crippen LogP contribution >= 0.6 is 0 Å². The smallest absolute Gasteiger partial charge is 0.351 e. The number of carbonyl (C=O) groups excluding carboxylic acids is 1. The summed E-state index contributed by atoms with van der Waals surface area (Å²) < 4.78 is 5.09. The Morgan fingerprint density at radius 2 is 1.70 bits per heavy atom. The minimum absolute atomic E-state index is 0.0570. The maximum Gasteiger partial charge on any atom is 0.351 e. The molecule has 0 aliphatic rings. The number of fused-ring (bicyclic) bond motifs is 1. The molecule has 0 amide bonds. The molecule has 2 aromatic carbocycles. The average molecular weight is 310 g/mol. The van der Waals surface area contributed by atoms with Crippen LogP contribution in [0.2, 0.25) is 0 Å². The highest BCUT2D eigenvalue weighted by Crippen LogP contribution is 2.27. The second-order valence-electron chi connectivity index (χ2n) is 5.20. The molecule has 0 aliphatic heterocycles. The first-order valence-corrected chi connectivity index (χ1v) is 7.12. The van der Waals surface area contributed by atoms with Crippen LogP contribution in [0.3, 0.4) is 0 Å². The normalized spacial score (nSPS) is 10.8. The molecule has 5 heteroatoms. The van der Waals surface area contributed by atoms with Gasteiger partial charge in [0.1, 0.15) is 22.6 Å². The number of hydrogen-bond acceptors (Lipinski definition) is 5. The number of aromatic hydroxyl groups is 2. The van der Waals surface area contributed by atoms with E-state index >= 15 is 0 Å². The summed E-state index contributed by atoms with van der Waals surface area (Å²) in [6.45, 7) is 0. The highest BCUT2D eigenvalue weighted by Gasteiger charge is 2.20. The van der Waals surface area contributed by atoms with Gasteiger partial charge in [0, 0.05) is 6.42 Å². The first-order valence-electron chi connectivity index (χ1n) is 7.12. The van der Waals surface area contributed by atoms with E-state index in [0.717, 1.165) is 5.56 Å². The second-order valence-corrected chi connectivity index (χ2v) is 5.20. The van der Waals surface area contributed by atoms with Crippen LogP contribution in [0, 0.1) is 0 Å². The Morgan fingerprint density at radius 1 is 1.00 bits per heavy atom. The summed E-state index contributed by atoms with van der Waals surface area (Å²) in [6.07, 6.45) is 0.451. The molecule has 0 bridgehead atoms. The summed E-state index contributed by atoms with van der Waals surface area (Å²) in [5, 5.41) is 19.8. The maximum absolute atomic E-state index is 12.3. The molecule has 0 aliphatic carbocycles. The van der Waals surface area contributed by atoms with Crippen LogP contribution in [0.4, 0.5) is 0 Å². The molecule has 0 atom stereocenters. The number of Topliss-reactive ketones (excluding diaryl/α,β-unsaturated/α-hetero) is 1. The first-order chi connectivity index (χ1) is 11.1. The quantitative estimate of drug-likeness (QED) is 0.571. The predicted octanol–water partition coefficient (Wildman–Crippen LogP) is 3.02. The topological polar surface area (TPSA) is 87.7 Å². The van der Waals surface area contributed by atoms with Crippen LogP contribution in [0.1, 0.15) is 22.3 Å². The van der Waals surface area contributed by atoms with Crippen molar-refractivity contribution in [1.29, 1.82) is 0 Å². The fourth-order valence-electron chi connectivity index (χ4n) is 2.42. The van der Waals surface area contributed by atoms with Gasteiger partial charge in [0.25, 0.3) is 0 Å². The van der Waals surface area contributed by atoms with Gasteiger partial charge in [-0.25, -0.2) is 4.79 Å². The number of ketones is 1. The largest absolute Gasteiger partial charge is 0.508 e. The molecule has 2 N–H and O–H groups in total. The number of phenols is 1. The van der Waals surface area contributed by atoms with Gasteiger partial charge >= 0.3 is 5.63 Å². The van der Waals surface area contributed by atoms with Crippen LogP contribution < -0.4 is 5.63 Å². The Labute approximate surface area is 131 Å². The lowest BCUT2D eigenvalue weighted by Crippen LogP contribution is -2.15. The summed E-state index contributed by atoms with van der Waals surface area (Å²) in [5.41, 5.74) is -0.0646. The van der Waals surface area contributed by atoms with Gasteiger partial charge in [-0.3, -0.25) is 4.79 Å². The van der Waals surface area contributed by atoms with Gasteiger partial charge in [-0.05, 0) is 36.2 Å². The van der Waals surface area contributed by atoms with E-state index < -0.39 is 11.4 Å². The number of carbonyl (C=O) groups is 1. The number of phenolic OH excluding ortho intramolecular Hbond substituents is 1. The molecule has 5 nitrogen and oxygen atoms in total. The van der Waals surface area contributed by atoms with Crippen molar-refractivity contribution in [1.82, 2.24) is 0 Å². The molecule has 0 spiro atoms. The molecular weight excluding hydrogens is 296 g/mol. The lowest BCUT2D eigenvalue weighted by atomic mass is 10.0. The van der Waals surface area contributed by atoms with Crippen molar-refractivity contribution in [2.75, 3.05) is 0 Å². The van der Waals surface area contributed by atoms with Crippen LogP contribution in [-0.4, -0.2) is 16.0 Å². The number of benzene rings is 2. The van der Waals surface area contributed by atoms with Crippen molar-refractivity contribution in [3.05, 3.63) is 70.1 Å². The van der Waals surface area contributed by atoms with Gasteiger partial charge in [0.2, 0.25) is 0 Å². The minimum atomic E-state index is -0.836. The highest BCUT2D eigenvalue weighted by molar-refractivity contribution is 6.02. The Bertz CT molecular complexity index is 922. The Kier molecular flexibility index (Phi) is 3.85. The monoisotopic (exact) mass is 310 g/mol. The molecular formula is C18H14O5. The zero-order valence-electron chi connectivity index (χ0n) is 12.2. The van der Waals surface area contributed by atoms with E-state index in [9.17, 15) is 19.8 Å². The predicted molar refractivity (Wildman–Crippen MR) is 84.9 cm³/mol. The summed E-state index contributed by atoms with van der Waals surface area (Å²) in [4.78, 5) is 24.3. The molecule has 0 unspecified atom stereocenters. The van der Waals surface area contributed by atoms with Crippen molar-refractivity contribution in [2.45, 2.75) is 12.8 Å². The van der Waals surface area contributed by atoms with Gasteiger partial charge in [-0.1, -0.05) is 24.3 Å². The second kappa shape index (κ2) is 5.96. The summed E-state index contributed by atoms with van der Waals surface area (Å²) in [5.74, 6) is -0.671. The van der Waals surface area contributed by atoms with Gasteiger partial charge in [0.15, 0.2) is 5.78 Å². The molecule has 3 aromatic rings. The molecule has 1 aromatic heterocycles. The first kappa shape index (κ1) is 14.8. The number of hydrogen-bond donors (Lipinski definition) is 2. The van der Waals surface area contributed by atoms with Crippen molar-refractivity contribution < 1.29 is 19.4 Å². The summed E-state index contributed by atoms with van der Waals surface area (Å²) >= 11 is 0. The van der Waals surface area contributed by atoms with E-state index in [-0.39, 0.29) is 29.1 Å². The van der Waals surface area contributed by atoms with E-state index in [1.165, 1.54) is 12.1 Å². The Hall–Kier alpha value is -3.08. The third-order valence-corrected chi connectivity index (χ3v) is 3.64. The van der Waals surface area contributed by atoms with E-state index in [1.807, 2.05) is 0 Å². The van der Waals surface area contributed by atoms with Crippen molar-refractivity contribution >= 4 is 16.8 Å². The highest BCUT2D eigenvalue weighted by atomic mass is 16.4. The molecule has 0 radical (unpaired) electrons. The zero-order valence-corrected chi connectivity index (χ0v) is 12.2. The van der Waals surface area contributed by atoms with Crippen molar-refractivity contribution in [3.8, 4) is 11.5 Å². The molecule has 3 rings (SSSR count). The molecule has 0 saturated carbocycles. The Morgan fingerprint density at radius 3 is 2.43 bits per heavy atom. The number of para-hydroxylation sites is 1. The van der Waals surface area contributed by atoms with Gasteiger partial charge in [0.05, 0.1) is 5.39 Å². The maximum atomic E-state index is 12.3. The van der Waals surface area contributed by atoms with Crippen LogP contribution in [0.25, 0.3) is 11.0 Å². The third-order valence-electron chi connectivity index (χ3n) is 3.64. The number of rotatable bonds is 4. The van der Waals surface area contributed by atoms with Crippen LogP contribution in [-0.2, 0) is 6.42 Å². The van der Waals surface area contributed by atoms with E-state index in [4.69, 9.17) is 4.42 Å². The van der Waals surface area contributed by atoms with E-state index in [0.29, 0.717) is 11.8 Å². The third kappa shape index (κ3) is 2.94. The van der Waals surface area contributed by atoms with E-state index in [1.54, 1.807) is 36.4 Å². The van der Waals surface area contributed by atoms with Gasteiger partial charge in [-0.15, -0.1) is 0 Å². The van der Waals surface area contributed by atoms with Crippen LogP contribution in [0.5, 0.6) is 11.5 Å². The van der Waals surface area contributed by atoms with Gasteiger partial charge < -0.3 is 14.6 Å². The number of aryl methyl sites for hydroxylation is 1. The Balaban J connectivity index is 1.89. The standard InChI is InChI=1S/C18H14O5/c19-12-8-5-11(6-9-12)7-10-14(20)16-17(21)13-3-1-2-4-15(13)23-18(16)22/h1-6,8-9,19,21H,7,10H2. The average Bonchev–Trinajstić information content (AvgIpc) is 2.54. The zero-order chi connectivity index (χ0) is 16.4. The molecule has 0 saturated heterocycles. The van der Waals surface area contributed by atoms with E-state index in [2.05, 4.69) is 0 Å². The van der Waals surface area contributed by atoms with Crippen molar-refractivity contribution in [2.24, 2.45) is 0 Å². The summed E-state index contributed by atoms with van der Waals surface area (Å²) in [7, 11) is 0. The summed E-state index contributed by atoms with van der Waals surface area (Å²) in [6, 6.07) is 13.0.